The van der Waals surface area contributed by atoms with Crippen molar-refractivity contribution in [3.8, 4) is 16.9 Å². The molecular weight excluding hydrogens is 528 g/mol. The Kier molecular flexibility index (Phi) is 6.76. The second-order valence-electron chi connectivity index (χ2n) is 8.55. The molecular formula is C25H22Cl2FN3O4S. The van der Waals surface area contributed by atoms with Crippen molar-refractivity contribution in [2.45, 2.75) is 24.6 Å². The van der Waals surface area contributed by atoms with Crippen LogP contribution in [0, 0.1) is 5.82 Å². The van der Waals surface area contributed by atoms with Gasteiger partial charge >= 0.3 is 10.1 Å². The average Bonchev–Trinajstić information content (AvgIpc) is 3.03. The number of nitrogens with two attached hydrogens (primary N) is 1. The molecule has 7 nitrogen and oxygen atoms in total. The average molecular weight is 550 g/mol. The van der Waals surface area contributed by atoms with Crippen molar-refractivity contribution in [2.24, 2.45) is 10.7 Å². The molecule has 0 saturated heterocycles. The highest BCUT2D eigenvalue weighted by Crippen LogP contribution is 2.42. The highest BCUT2D eigenvalue weighted by atomic mass is 35.5. The molecule has 0 spiro atoms. The van der Waals surface area contributed by atoms with E-state index in [0.717, 1.165) is 0 Å². The molecule has 0 saturated carbocycles. The van der Waals surface area contributed by atoms with Crippen molar-refractivity contribution < 1.29 is 21.8 Å². The summed E-state index contributed by atoms with van der Waals surface area (Å²) in [5.41, 5.74) is 5.45. The number of guanidine groups is 1. The van der Waals surface area contributed by atoms with Gasteiger partial charge in [-0.05, 0) is 73.0 Å². The number of hydrogen-bond acceptors (Lipinski definition) is 6. The van der Waals surface area contributed by atoms with Crippen LogP contribution in [0.25, 0.3) is 11.1 Å². The number of amides is 1. The first-order chi connectivity index (χ1) is 16.8. The van der Waals surface area contributed by atoms with Crippen LogP contribution in [0.3, 0.4) is 0 Å². The predicted molar refractivity (Wildman–Crippen MR) is 138 cm³/mol. The van der Waals surface area contributed by atoms with E-state index in [9.17, 15) is 17.6 Å². The van der Waals surface area contributed by atoms with Gasteiger partial charge in [-0.25, -0.2) is 9.38 Å². The summed E-state index contributed by atoms with van der Waals surface area (Å²) in [4.78, 5) is 19.3. The summed E-state index contributed by atoms with van der Waals surface area (Å²) in [5.74, 6) is -1.13. The third kappa shape index (κ3) is 4.54. The van der Waals surface area contributed by atoms with Crippen molar-refractivity contribution in [3.63, 3.8) is 0 Å². The fourth-order valence-corrected chi connectivity index (χ4v) is 4.96. The van der Waals surface area contributed by atoms with Gasteiger partial charge in [0.1, 0.15) is 11.6 Å². The van der Waals surface area contributed by atoms with Crippen LogP contribution in [0.15, 0.2) is 65.7 Å². The maximum absolute atomic E-state index is 15.0. The Balaban J connectivity index is 1.93. The van der Waals surface area contributed by atoms with Crippen molar-refractivity contribution in [2.75, 3.05) is 7.05 Å². The first-order valence-electron chi connectivity index (χ1n) is 10.8. The zero-order chi connectivity index (χ0) is 26.4. The number of carbonyl (C=O) groups is 1. The quantitative estimate of drug-likeness (QED) is 0.438. The summed E-state index contributed by atoms with van der Waals surface area (Å²) in [7, 11) is -2.43. The molecule has 36 heavy (non-hydrogen) atoms. The number of hydrogen-bond donors (Lipinski definition) is 1. The minimum atomic E-state index is -3.90. The first-order valence-corrected chi connectivity index (χ1v) is 13.0. The lowest BCUT2D eigenvalue weighted by atomic mass is 9.81. The van der Waals surface area contributed by atoms with Crippen molar-refractivity contribution in [3.05, 3.63) is 87.7 Å². The third-order valence-corrected chi connectivity index (χ3v) is 7.86. The Labute approximate surface area is 218 Å². The maximum atomic E-state index is 15.0. The van der Waals surface area contributed by atoms with Gasteiger partial charge in [-0.2, -0.15) is 8.42 Å². The molecule has 1 atom stereocenters. The Hall–Kier alpha value is -3.14. The van der Waals surface area contributed by atoms with Crippen LogP contribution >= 0.6 is 23.2 Å². The van der Waals surface area contributed by atoms with Gasteiger partial charge in [-0.1, -0.05) is 41.4 Å². The smallest absolute Gasteiger partial charge is 0.311 e. The molecule has 0 radical (unpaired) electrons. The molecule has 1 aliphatic heterocycles. The van der Waals surface area contributed by atoms with E-state index >= 15 is 0 Å². The van der Waals surface area contributed by atoms with E-state index < -0.39 is 32.6 Å². The second-order valence-corrected chi connectivity index (χ2v) is 11.5. The molecule has 4 rings (SSSR count). The summed E-state index contributed by atoms with van der Waals surface area (Å²) in [6.45, 7) is 2.98. The molecule has 1 unspecified atom stereocenters. The summed E-state index contributed by atoms with van der Waals surface area (Å²) < 4.78 is 44.9. The summed E-state index contributed by atoms with van der Waals surface area (Å²) in [6.07, 6.45) is 0. The monoisotopic (exact) mass is 549 g/mol. The normalized spacial score (nSPS) is 18.0. The highest BCUT2D eigenvalue weighted by molar-refractivity contribution is 7.87. The number of likely N-dealkylation sites (N-methyl/N-ethyl adjacent to an activating group) is 1. The number of halogens is 3. The van der Waals surface area contributed by atoms with Gasteiger partial charge in [0.25, 0.3) is 5.91 Å². The molecule has 0 aliphatic carbocycles. The molecule has 3 aromatic carbocycles. The third-order valence-electron chi connectivity index (χ3n) is 5.84. The van der Waals surface area contributed by atoms with E-state index in [-0.39, 0.29) is 22.8 Å². The van der Waals surface area contributed by atoms with Gasteiger partial charge < -0.3 is 9.92 Å². The van der Waals surface area contributed by atoms with Crippen LogP contribution in [0.2, 0.25) is 10.0 Å². The predicted octanol–water partition coefficient (Wildman–Crippen LogP) is 4.95. The van der Waals surface area contributed by atoms with Gasteiger partial charge in [0.2, 0.25) is 0 Å². The van der Waals surface area contributed by atoms with Gasteiger partial charge in [0.05, 0.1) is 5.25 Å². The van der Waals surface area contributed by atoms with E-state index in [1.807, 2.05) is 0 Å². The van der Waals surface area contributed by atoms with E-state index in [4.69, 9.17) is 33.1 Å². The summed E-state index contributed by atoms with van der Waals surface area (Å²) in [5, 5.41) is -0.161. The Morgan fingerprint density at radius 3 is 2.25 bits per heavy atom. The lowest BCUT2D eigenvalue weighted by Gasteiger charge is -2.27. The number of rotatable bonds is 6. The van der Waals surface area contributed by atoms with Crippen LogP contribution in [0.5, 0.6) is 5.75 Å². The molecule has 1 aliphatic rings. The fourth-order valence-electron chi connectivity index (χ4n) is 3.87. The van der Waals surface area contributed by atoms with E-state index in [1.165, 1.54) is 62.2 Å². The van der Waals surface area contributed by atoms with E-state index in [0.29, 0.717) is 21.2 Å². The lowest BCUT2D eigenvalue weighted by molar-refractivity contribution is -0.129. The minimum Gasteiger partial charge on any atom is -0.382 e. The largest absolute Gasteiger partial charge is 0.382 e. The van der Waals surface area contributed by atoms with Gasteiger partial charge in [-0.15, -0.1) is 0 Å². The minimum absolute atomic E-state index is 0.000609. The molecule has 188 valence electrons. The number of nitrogens with zero attached hydrogens (tertiary/aromatic N) is 2. The van der Waals surface area contributed by atoms with Gasteiger partial charge in [0.15, 0.2) is 11.5 Å². The molecule has 3 aromatic rings. The van der Waals surface area contributed by atoms with Gasteiger partial charge in [-0.3, -0.25) is 9.69 Å². The summed E-state index contributed by atoms with van der Waals surface area (Å²) >= 11 is 12.3. The van der Waals surface area contributed by atoms with Crippen molar-refractivity contribution in [1.82, 2.24) is 4.90 Å². The van der Waals surface area contributed by atoms with Crippen LogP contribution in [-0.2, 0) is 20.5 Å². The number of carbonyl (C=O) groups excluding carboxylic acids is 1. The maximum Gasteiger partial charge on any atom is 0.311 e. The molecule has 0 aromatic heterocycles. The Morgan fingerprint density at radius 1 is 1.03 bits per heavy atom. The molecule has 0 fully saturated rings. The van der Waals surface area contributed by atoms with Crippen LogP contribution in [0.4, 0.5) is 4.39 Å². The Bertz CT molecular complexity index is 1490. The second kappa shape index (κ2) is 9.38. The molecule has 11 heteroatoms. The fraction of sp³-hybridized carbons (Fsp3) is 0.200. The van der Waals surface area contributed by atoms with Crippen LogP contribution in [0.1, 0.15) is 25.0 Å². The standard InChI is InChI=1S/C25H22Cl2FN3O4S/c1-14(2)36(33,34)35-20-6-4-5-16(11-20)25(23(32)31(3)24(29)30-25)17-7-8-22(28)21(12-17)15-9-18(26)13-19(27)10-15/h4-14H,1-3H3,(H2,29,30). The first kappa shape index (κ1) is 25.9. The van der Waals surface area contributed by atoms with Gasteiger partial charge in [0, 0.05) is 22.7 Å². The SMILES string of the molecule is CC(C)S(=O)(=O)Oc1cccc(C2(c3ccc(F)c(-c4cc(Cl)cc(Cl)c4)c3)N=C(N)N(C)C2=O)c1. The number of benzene rings is 3. The molecule has 1 amide bonds. The van der Waals surface area contributed by atoms with E-state index in [2.05, 4.69) is 4.99 Å². The lowest BCUT2D eigenvalue weighted by Crippen LogP contribution is -2.41. The van der Waals surface area contributed by atoms with E-state index in [1.54, 1.807) is 24.3 Å². The van der Waals surface area contributed by atoms with Crippen molar-refractivity contribution in [1.29, 1.82) is 0 Å². The molecule has 1 heterocycles. The van der Waals surface area contributed by atoms with Crippen LogP contribution in [-0.4, -0.2) is 37.5 Å². The zero-order valence-electron chi connectivity index (χ0n) is 19.5. The number of aliphatic imine (C=N–C) groups is 1. The Morgan fingerprint density at radius 2 is 1.67 bits per heavy atom. The zero-order valence-corrected chi connectivity index (χ0v) is 21.8. The topological polar surface area (TPSA) is 102 Å². The summed E-state index contributed by atoms with van der Waals surface area (Å²) in [6, 6.07) is 14.7. The van der Waals surface area contributed by atoms with Crippen molar-refractivity contribution >= 4 is 45.2 Å². The molecule has 0 bridgehead atoms. The molecule has 2 N–H and O–H groups in total. The highest BCUT2D eigenvalue weighted by Gasteiger charge is 2.50. The van der Waals surface area contributed by atoms with Crippen LogP contribution < -0.4 is 9.92 Å².